The minimum Gasteiger partial charge on any atom is -0.349 e. The van der Waals surface area contributed by atoms with E-state index in [1.54, 1.807) is 55.5 Å². The van der Waals surface area contributed by atoms with E-state index in [1.165, 1.54) is 0 Å². The second kappa shape index (κ2) is 8.22. The van der Waals surface area contributed by atoms with Gasteiger partial charge in [0.25, 0.3) is 11.8 Å². The molecule has 6 nitrogen and oxygen atoms in total. The van der Waals surface area contributed by atoms with Gasteiger partial charge >= 0.3 is 0 Å². The molecule has 0 saturated heterocycles. The first-order chi connectivity index (χ1) is 12.9. The van der Waals surface area contributed by atoms with Gasteiger partial charge in [-0.15, -0.1) is 0 Å². The minimum atomic E-state index is -0.780. The Labute approximate surface area is 162 Å². The van der Waals surface area contributed by atoms with Crippen molar-refractivity contribution in [3.63, 3.8) is 0 Å². The van der Waals surface area contributed by atoms with Gasteiger partial charge in [0, 0.05) is 17.3 Å². The molecule has 3 amide bonds. The molecule has 1 saturated carbocycles. The van der Waals surface area contributed by atoms with Gasteiger partial charge in [-0.2, -0.15) is 0 Å². The van der Waals surface area contributed by atoms with Crippen LogP contribution in [0.25, 0.3) is 0 Å². The van der Waals surface area contributed by atoms with Gasteiger partial charge in [0.05, 0.1) is 10.6 Å². The summed E-state index contributed by atoms with van der Waals surface area (Å²) in [5.74, 6) is -0.982. The van der Waals surface area contributed by atoms with E-state index in [4.69, 9.17) is 11.6 Å². The molecular formula is C20H20ClN3O3. The molecule has 1 fully saturated rings. The summed E-state index contributed by atoms with van der Waals surface area (Å²) in [6, 6.07) is 12.8. The number of rotatable bonds is 6. The van der Waals surface area contributed by atoms with Gasteiger partial charge in [0.1, 0.15) is 6.04 Å². The number of amides is 3. The number of benzene rings is 2. The maximum Gasteiger partial charge on any atom is 0.253 e. The van der Waals surface area contributed by atoms with Crippen molar-refractivity contribution in [1.29, 1.82) is 0 Å². The highest BCUT2D eigenvalue weighted by molar-refractivity contribution is 6.33. The Morgan fingerprint density at radius 1 is 1.04 bits per heavy atom. The van der Waals surface area contributed by atoms with Crippen LogP contribution >= 0.6 is 11.6 Å². The van der Waals surface area contributed by atoms with Gasteiger partial charge in [-0.05, 0) is 50.1 Å². The fourth-order valence-electron chi connectivity index (χ4n) is 2.47. The lowest BCUT2D eigenvalue weighted by atomic mass is 10.1. The Morgan fingerprint density at radius 2 is 1.78 bits per heavy atom. The monoisotopic (exact) mass is 385 g/mol. The molecule has 3 N–H and O–H groups in total. The molecule has 27 heavy (non-hydrogen) atoms. The molecule has 0 radical (unpaired) electrons. The summed E-state index contributed by atoms with van der Waals surface area (Å²) < 4.78 is 0. The van der Waals surface area contributed by atoms with E-state index in [2.05, 4.69) is 16.0 Å². The molecule has 2 aromatic carbocycles. The number of carbonyl (C=O) groups excluding carboxylic acids is 3. The number of hydrogen-bond acceptors (Lipinski definition) is 3. The number of hydrogen-bond donors (Lipinski definition) is 3. The highest BCUT2D eigenvalue weighted by Gasteiger charge is 2.24. The Bertz CT molecular complexity index is 880. The Morgan fingerprint density at radius 3 is 2.48 bits per heavy atom. The van der Waals surface area contributed by atoms with Gasteiger partial charge in [-0.1, -0.05) is 29.8 Å². The molecule has 1 aliphatic carbocycles. The zero-order chi connectivity index (χ0) is 19.4. The normalized spacial score (nSPS) is 14.1. The van der Waals surface area contributed by atoms with Gasteiger partial charge in [-0.3, -0.25) is 14.4 Å². The topological polar surface area (TPSA) is 87.3 Å². The molecule has 0 aliphatic heterocycles. The lowest BCUT2D eigenvalue weighted by Crippen LogP contribution is -2.41. The fourth-order valence-corrected chi connectivity index (χ4v) is 2.69. The fraction of sp³-hybridized carbons (Fsp3) is 0.250. The van der Waals surface area contributed by atoms with E-state index in [-0.39, 0.29) is 11.9 Å². The molecular weight excluding hydrogens is 366 g/mol. The number of carbonyl (C=O) groups is 3. The first kappa shape index (κ1) is 18.9. The van der Waals surface area contributed by atoms with Crippen LogP contribution in [-0.4, -0.2) is 29.8 Å². The van der Waals surface area contributed by atoms with E-state index in [0.717, 1.165) is 12.8 Å². The van der Waals surface area contributed by atoms with Crippen LogP contribution in [0.3, 0.4) is 0 Å². The number of nitrogens with one attached hydrogen (secondary N) is 3. The van der Waals surface area contributed by atoms with Crippen molar-refractivity contribution in [3.8, 4) is 0 Å². The van der Waals surface area contributed by atoms with Crippen molar-refractivity contribution in [2.75, 3.05) is 5.32 Å². The van der Waals surface area contributed by atoms with Crippen molar-refractivity contribution in [3.05, 3.63) is 64.7 Å². The van der Waals surface area contributed by atoms with Gasteiger partial charge in [0.2, 0.25) is 5.91 Å². The molecule has 0 bridgehead atoms. The summed E-state index contributed by atoms with van der Waals surface area (Å²) in [5, 5.41) is 8.54. The molecule has 1 aliphatic rings. The lowest BCUT2D eigenvalue weighted by Gasteiger charge is -2.15. The molecule has 3 rings (SSSR count). The van der Waals surface area contributed by atoms with Gasteiger partial charge in [-0.25, -0.2) is 0 Å². The van der Waals surface area contributed by atoms with Gasteiger partial charge in [0.15, 0.2) is 0 Å². The Balaban J connectivity index is 1.60. The van der Waals surface area contributed by atoms with E-state index in [1.807, 2.05) is 0 Å². The molecule has 7 heteroatoms. The van der Waals surface area contributed by atoms with Gasteiger partial charge < -0.3 is 16.0 Å². The van der Waals surface area contributed by atoms with Crippen LogP contribution in [0.4, 0.5) is 5.69 Å². The van der Waals surface area contributed by atoms with Crippen LogP contribution in [0.2, 0.25) is 5.02 Å². The van der Waals surface area contributed by atoms with E-state index < -0.39 is 17.9 Å². The standard InChI is InChI=1S/C20H20ClN3O3/c1-12(22-20(27)16-7-2-3-8-17(16)21)18(25)24-15-6-4-5-13(11-15)19(26)23-14-9-10-14/h2-8,11-12,14H,9-10H2,1H3,(H,22,27)(H,23,26)(H,24,25)/t12-/m1/s1. The molecule has 1 atom stereocenters. The molecule has 140 valence electrons. The van der Waals surface area contributed by atoms with Crippen molar-refractivity contribution in [1.82, 2.24) is 10.6 Å². The third-order valence-corrected chi connectivity index (χ3v) is 4.49. The van der Waals surface area contributed by atoms with Crippen LogP contribution in [0, 0.1) is 0 Å². The summed E-state index contributed by atoms with van der Waals surface area (Å²) in [7, 11) is 0. The zero-order valence-electron chi connectivity index (χ0n) is 14.8. The molecule has 0 aromatic heterocycles. The van der Waals surface area contributed by atoms with Crippen LogP contribution < -0.4 is 16.0 Å². The lowest BCUT2D eigenvalue weighted by molar-refractivity contribution is -0.117. The first-order valence-corrected chi connectivity index (χ1v) is 9.09. The maximum atomic E-state index is 12.4. The van der Waals surface area contributed by atoms with Crippen LogP contribution in [0.15, 0.2) is 48.5 Å². The minimum absolute atomic E-state index is 0.159. The SMILES string of the molecule is C[C@@H](NC(=O)c1ccccc1Cl)C(=O)Nc1cccc(C(=O)NC2CC2)c1. The summed E-state index contributed by atoms with van der Waals surface area (Å²) in [6.07, 6.45) is 2.01. The quantitative estimate of drug-likeness (QED) is 0.714. The van der Waals surface area contributed by atoms with Crippen molar-refractivity contribution >= 4 is 35.0 Å². The van der Waals surface area contributed by atoms with Crippen LogP contribution in [0.1, 0.15) is 40.5 Å². The third-order valence-electron chi connectivity index (χ3n) is 4.16. The molecule has 0 heterocycles. The van der Waals surface area contributed by atoms with E-state index in [0.29, 0.717) is 21.8 Å². The van der Waals surface area contributed by atoms with Crippen LogP contribution in [0.5, 0.6) is 0 Å². The average molecular weight is 386 g/mol. The molecule has 2 aromatic rings. The molecule has 0 spiro atoms. The Kier molecular flexibility index (Phi) is 5.76. The first-order valence-electron chi connectivity index (χ1n) is 8.71. The predicted octanol–water partition coefficient (Wildman–Crippen LogP) is 2.99. The largest absolute Gasteiger partial charge is 0.349 e. The number of anilines is 1. The predicted molar refractivity (Wildman–Crippen MR) is 104 cm³/mol. The second-order valence-corrected chi connectivity index (χ2v) is 6.90. The molecule has 0 unspecified atom stereocenters. The summed E-state index contributed by atoms with van der Waals surface area (Å²) in [5.41, 5.74) is 1.27. The summed E-state index contributed by atoms with van der Waals surface area (Å²) >= 11 is 6.00. The zero-order valence-corrected chi connectivity index (χ0v) is 15.5. The van der Waals surface area contributed by atoms with Crippen LogP contribution in [-0.2, 0) is 4.79 Å². The van der Waals surface area contributed by atoms with Crippen molar-refractivity contribution in [2.45, 2.75) is 31.8 Å². The van der Waals surface area contributed by atoms with E-state index in [9.17, 15) is 14.4 Å². The average Bonchev–Trinajstić information content (AvgIpc) is 3.46. The third kappa shape index (κ3) is 5.08. The van der Waals surface area contributed by atoms with Crippen molar-refractivity contribution < 1.29 is 14.4 Å². The van der Waals surface area contributed by atoms with E-state index >= 15 is 0 Å². The number of halogens is 1. The maximum absolute atomic E-state index is 12.4. The van der Waals surface area contributed by atoms with Crippen molar-refractivity contribution in [2.24, 2.45) is 0 Å². The summed E-state index contributed by atoms with van der Waals surface area (Å²) in [6.45, 7) is 1.58. The second-order valence-electron chi connectivity index (χ2n) is 6.49. The smallest absolute Gasteiger partial charge is 0.253 e. The highest BCUT2D eigenvalue weighted by Crippen LogP contribution is 2.20. The highest BCUT2D eigenvalue weighted by atomic mass is 35.5. The Hall–Kier alpha value is -2.86. The summed E-state index contributed by atoms with van der Waals surface area (Å²) in [4.78, 5) is 36.7.